The number of anilines is 1. The van der Waals surface area contributed by atoms with Gasteiger partial charge in [0.15, 0.2) is 0 Å². The van der Waals surface area contributed by atoms with Gasteiger partial charge in [0.2, 0.25) is 5.91 Å². The molecule has 0 saturated carbocycles. The second kappa shape index (κ2) is 5.44. The number of aryl methyl sites for hydroxylation is 1. The number of carbonyl (C=O) groups is 1. The first-order valence-electron chi connectivity index (χ1n) is 6.17. The lowest BCUT2D eigenvalue weighted by molar-refractivity contribution is -0.119. The number of fused-ring (bicyclic) bond motifs is 1. The molecule has 0 radical (unpaired) electrons. The molecule has 0 bridgehead atoms. The van der Waals surface area contributed by atoms with E-state index in [0.717, 1.165) is 10.9 Å². The van der Waals surface area contributed by atoms with Crippen molar-refractivity contribution in [2.45, 2.75) is 26.0 Å². The Hall–Kier alpha value is -2.18. The van der Waals surface area contributed by atoms with Crippen molar-refractivity contribution in [3.05, 3.63) is 40.2 Å². The van der Waals surface area contributed by atoms with Crippen LogP contribution in [0.4, 0.5) is 5.69 Å². The molecule has 2 aromatic rings. The van der Waals surface area contributed by atoms with Crippen LogP contribution in [0.15, 0.2) is 33.5 Å². The fraction of sp³-hybridized carbons (Fsp3) is 0.286. The molecule has 0 aliphatic heterocycles. The maximum Gasteiger partial charge on any atom is 0.336 e. The lowest BCUT2D eigenvalue weighted by Crippen LogP contribution is -2.43. The van der Waals surface area contributed by atoms with Gasteiger partial charge in [-0.05, 0) is 31.5 Å². The van der Waals surface area contributed by atoms with Gasteiger partial charge in [-0.1, -0.05) is 0 Å². The fourth-order valence-electron chi connectivity index (χ4n) is 1.85. The molecule has 20 heavy (non-hydrogen) atoms. The average Bonchev–Trinajstić information content (AvgIpc) is 2.36. The second-order valence-corrected chi connectivity index (χ2v) is 4.72. The van der Waals surface area contributed by atoms with Crippen molar-refractivity contribution in [2.24, 2.45) is 5.73 Å². The predicted octanol–water partition coefficient (Wildman–Crippen LogP) is 0.748. The highest BCUT2D eigenvalue weighted by Crippen LogP contribution is 2.20. The molecule has 1 amide bonds. The Balaban J connectivity index is 2.33. The van der Waals surface area contributed by atoms with E-state index in [9.17, 15) is 14.7 Å². The Labute approximate surface area is 115 Å². The van der Waals surface area contributed by atoms with Crippen LogP contribution < -0.4 is 16.7 Å². The van der Waals surface area contributed by atoms with E-state index in [-0.39, 0.29) is 0 Å². The summed E-state index contributed by atoms with van der Waals surface area (Å²) in [6, 6.07) is 5.37. The van der Waals surface area contributed by atoms with E-state index in [2.05, 4.69) is 5.32 Å². The van der Waals surface area contributed by atoms with Crippen LogP contribution in [-0.4, -0.2) is 23.2 Å². The summed E-state index contributed by atoms with van der Waals surface area (Å²) in [5.41, 5.74) is 6.73. The van der Waals surface area contributed by atoms with Crippen LogP contribution in [-0.2, 0) is 4.79 Å². The third kappa shape index (κ3) is 2.87. The summed E-state index contributed by atoms with van der Waals surface area (Å²) in [4.78, 5) is 23.1. The number of nitrogens with two attached hydrogens (primary N) is 1. The molecule has 2 unspecified atom stereocenters. The van der Waals surface area contributed by atoms with Gasteiger partial charge in [0.1, 0.15) is 11.6 Å². The Morgan fingerprint density at radius 1 is 1.40 bits per heavy atom. The SMILES string of the molecule is Cc1cc(=O)oc2cc(NC(=O)C(N)C(C)O)ccc12. The monoisotopic (exact) mass is 276 g/mol. The third-order valence-electron chi connectivity index (χ3n) is 3.04. The smallest absolute Gasteiger partial charge is 0.336 e. The van der Waals surface area contributed by atoms with Crippen LogP contribution in [0.25, 0.3) is 11.0 Å². The van der Waals surface area contributed by atoms with Gasteiger partial charge in [0.25, 0.3) is 0 Å². The number of rotatable bonds is 3. The molecule has 1 aromatic carbocycles. The van der Waals surface area contributed by atoms with Gasteiger partial charge in [-0.3, -0.25) is 4.79 Å². The Morgan fingerprint density at radius 2 is 2.10 bits per heavy atom. The highest BCUT2D eigenvalue weighted by atomic mass is 16.4. The normalized spacial score (nSPS) is 14.0. The number of hydrogen-bond acceptors (Lipinski definition) is 5. The minimum atomic E-state index is -1.02. The summed E-state index contributed by atoms with van der Waals surface area (Å²) >= 11 is 0. The molecule has 0 saturated heterocycles. The van der Waals surface area contributed by atoms with Crippen molar-refractivity contribution >= 4 is 22.6 Å². The molecule has 2 atom stereocenters. The number of amides is 1. The fourth-order valence-corrected chi connectivity index (χ4v) is 1.85. The summed E-state index contributed by atoms with van der Waals surface area (Å²) in [6.45, 7) is 3.24. The van der Waals surface area contributed by atoms with E-state index in [4.69, 9.17) is 10.2 Å². The third-order valence-corrected chi connectivity index (χ3v) is 3.04. The molecular weight excluding hydrogens is 260 g/mol. The van der Waals surface area contributed by atoms with Crippen molar-refractivity contribution in [1.29, 1.82) is 0 Å². The van der Waals surface area contributed by atoms with Gasteiger partial charge in [0.05, 0.1) is 6.10 Å². The van der Waals surface area contributed by atoms with E-state index in [1.165, 1.54) is 13.0 Å². The molecule has 1 heterocycles. The summed E-state index contributed by atoms with van der Waals surface area (Å²) in [7, 11) is 0. The number of aliphatic hydroxyl groups excluding tert-OH is 1. The Bertz CT molecular complexity index is 706. The minimum Gasteiger partial charge on any atom is -0.423 e. The quantitative estimate of drug-likeness (QED) is 0.717. The zero-order chi connectivity index (χ0) is 14.9. The molecule has 0 aliphatic rings. The first-order valence-corrected chi connectivity index (χ1v) is 6.17. The van der Waals surface area contributed by atoms with Gasteiger partial charge in [-0.2, -0.15) is 0 Å². The standard InChI is InChI=1S/C14H16N2O4/c1-7-5-12(18)20-11-6-9(3-4-10(7)11)16-14(19)13(15)8(2)17/h3-6,8,13,17H,15H2,1-2H3,(H,16,19). The average molecular weight is 276 g/mol. The van der Waals surface area contributed by atoms with Crippen LogP contribution in [0, 0.1) is 6.92 Å². The van der Waals surface area contributed by atoms with Crippen molar-refractivity contribution in [2.75, 3.05) is 5.32 Å². The van der Waals surface area contributed by atoms with Gasteiger partial charge in [-0.25, -0.2) is 4.79 Å². The van der Waals surface area contributed by atoms with Gasteiger partial charge in [0, 0.05) is 23.2 Å². The molecule has 0 spiro atoms. The van der Waals surface area contributed by atoms with E-state index < -0.39 is 23.7 Å². The second-order valence-electron chi connectivity index (χ2n) is 4.72. The zero-order valence-corrected chi connectivity index (χ0v) is 11.2. The number of aliphatic hydroxyl groups is 1. The highest BCUT2D eigenvalue weighted by molar-refractivity contribution is 5.96. The number of hydrogen-bond donors (Lipinski definition) is 3. The molecule has 0 aliphatic carbocycles. The topological polar surface area (TPSA) is 106 Å². The highest BCUT2D eigenvalue weighted by Gasteiger charge is 2.18. The van der Waals surface area contributed by atoms with Crippen LogP contribution in [0.2, 0.25) is 0 Å². The molecule has 6 heteroatoms. The molecule has 2 rings (SSSR count). The molecule has 6 nitrogen and oxygen atoms in total. The van der Waals surface area contributed by atoms with Crippen LogP contribution in [0.1, 0.15) is 12.5 Å². The van der Waals surface area contributed by atoms with Crippen LogP contribution in [0.3, 0.4) is 0 Å². The van der Waals surface area contributed by atoms with Crippen LogP contribution in [0.5, 0.6) is 0 Å². The van der Waals surface area contributed by atoms with E-state index >= 15 is 0 Å². The van der Waals surface area contributed by atoms with Crippen molar-refractivity contribution in [3.63, 3.8) is 0 Å². The molecule has 4 N–H and O–H groups in total. The van der Waals surface area contributed by atoms with E-state index in [1.54, 1.807) is 25.1 Å². The van der Waals surface area contributed by atoms with Gasteiger partial charge < -0.3 is 20.6 Å². The molecule has 106 valence electrons. The summed E-state index contributed by atoms with van der Waals surface area (Å²) in [5.74, 6) is -0.505. The maximum atomic E-state index is 11.7. The van der Waals surface area contributed by atoms with Gasteiger partial charge in [-0.15, -0.1) is 0 Å². The summed E-state index contributed by atoms with van der Waals surface area (Å²) < 4.78 is 5.09. The lowest BCUT2D eigenvalue weighted by atomic mass is 10.1. The summed E-state index contributed by atoms with van der Waals surface area (Å²) in [6.07, 6.45) is -0.948. The zero-order valence-electron chi connectivity index (χ0n) is 11.2. The summed E-state index contributed by atoms with van der Waals surface area (Å²) in [5, 5.41) is 12.6. The maximum absolute atomic E-state index is 11.7. The largest absolute Gasteiger partial charge is 0.423 e. The van der Waals surface area contributed by atoms with Crippen LogP contribution >= 0.6 is 0 Å². The first kappa shape index (κ1) is 14.2. The van der Waals surface area contributed by atoms with Crippen molar-refractivity contribution in [1.82, 2.24) is 0 Å². The molecule has 1 aromatic heterocycles. The van der Waals surface area contributed by atoms with Gasteiger partial charge >= 0.3 is 5.63 Å². The number of benzene rings is 1. The number of nitrogens with one attached hydrogen (secondary N) is 1. The number of carbonyl (C=O) groups excluding carboxylic acids is 1. The first-order chi connectivity index (χ1) is 9.38. The Morgan fingerprint density at radius 3 is 2.75 bits per heavy atom. The van der Waals surface area contributed by atoms with Crippen molar-refractivity contribution in [3.8, 4) is 0 Å². The van der Waals surface area contributed by atoms with E-state index in [1.807, 2.05) is 0 Å². The van der Waals surface area contributed by atoms with Crippen molar-refractivity contribution < 1.29 is 14.3 Å². The molecule has 0 fully saturated rings. The van der Waals surface area contributed by atoms with E-state index in [0.29, 0.717) is 11.3 Å². The molecular formula is C14H16N2O4. The Kier molecular flexibility index (Phi) is 3.87. The lowest BCUT2D eigenvalue weighted by Gasteiger charge is -2.14. The minimum absolute atomic E-state index is 0.387. The predicted molar refractivity (Wildman–Crippen MR) is 75.5 cm³/mol.